The van der Waals surface area contributed by atoms with Crippen molar-refractivity contribution >= 4 is 12.0 Å². The van der Waals surface area contributed by atoms with E-state index in [1.165, 1.54) is 4.90 Å². The monoisotopic (exact) mass is 310 g/mol. The molecule has 0 aromatic heterocycles. The van der Waals surface area contributed by atoms with Gasteiger partial charge in [-0.1, -0.05) is 0 Å². The van der Waals surface area contributed by atoms with Crippen molar-refractivity contribution in [2.24, 2.45) is 5.92 Å². The van der Waals surface area contributed by atoms with Crippen LogP contribution in [0.4, 0.5) is 18.0 Å². The van der Waals surface area contributed by atoms with E-state index in [1.807, 2.05) is 5.32 Å². The van der Waals surface area contributed by atoms with Crippen LogP contribution in [-0.2, 0) is 9.53 Å². The van der Waals surface area contributed by atoms with Crippen molar-refractivity contribution in [2.75, 3.05) is 19.6 Å². The lowest BCUT2D eigenvalue weighted by atomic mass is 9.98. The van der Waals surface area contributed by atoms with Crippen molar-refractivity contribution in [1.29, 1.82) is 0 Å². The van der Waals surface area contributed by atoms with Gasteiger partial charge in [0.05, 0.1) is 0 Å². The number of carbonyl (C=O) groups is 2. The van der Waals surface area contributed by atoms with Gasteiger partial charge in [-0.25, -0.2) is 4.79 Å². The van der Waals surface area contributed by atoms with Gasteiger partial charge < -0.3 is 15.0 Å². The van der Waals surface area contributed by atoms with Gasteiger partial charge in [-0.05, 0) is 39.5 Å². The van der Waals surface area contributed by atoms with Gasteiger partial charge in [-0.15, -0.1) is 0 Å². The van der Waals surface area contributed by atoms with Crippen LogP contribution in [0.15, 0.2) is 0 Å². The summed E-state index contributed by atoms with van der Waals surface area (Å²) < 4.78 is 41.5. The Balaban J connectivity index is 2.46. The second-order valence-electron chi connectivity index (χ2n) is 6.14. The lowest BCUT2D eigenvalue weighted by Gasteiger charge is -2.34. The molecule has 0 aliphatic carbocycles. The van der Waals surface area contributed by atoms with Crippen LogP contribution in [0.25, 0.3) is 0 Å². The number of hydrogen-bond acceptors (Lipinski definition) is 3. The van der Waals surface area contributed by atoms with E-state index in [1.54, 1.807) is 20.8 Å². The molecule has 1 fully saturated rings. The van der Waals surface area contributed by atoms with Crippen LogP contribution >= 0.6 is 0 Å². The van der Waals surface area contributed by atoms with Gasteiger partial charge in [0.1, 0.15) is 5.60 Å². The van der Waals surface area contributed by atoms with Gasteiger partial charge in [0.25, 0.3) is 0 Å². The quantitative estimate of drug-likeness (QED) is 0.851. The molecule has 122 valence electrons. The predicted octanol–water partition coefficient (Wildman–Crippen LogP) is 2.31. The average molecular weight is 310 g/mol. The summed E-state index contributed by atoms with van der Waals surface area (Å²) in [5.41, 5.74) is -0.617. The molecule has 0 saturated carbocycles. The zero-order chi connectivity index (χ0) is 16.3. The highest BCUT2D eigenvalue weighted by atomic mass is 19.4. The molecule has 0 radical (unpaired) electrons. The van der Waals surface area contributed by atoms with E-state index in [2.05, 4.69) is 0 Å². The fourth-order valence-electron chi connectivity index (χ4n) is 2.06. The number of likely N-dealkylation sites (tertiary alicyclic amines) is 1. The Kier molecular flexibility index (Phi) is 5.47. The minimum atomic E-state index is -4.88. The molecule has 2 amide bonds. The molecule has 1 saturated heterocycles. The summed E-state index contributed by atoms with van der Waals surface area (Å²) in [6, 6.07) is 0. The average Bonchev–Trinajstić information content (AvgIpc) is 2.33. The maximum Gasteiger partial charge on any atom is 0.471 e. The molecular weight excluding hydrogens is 289 g/mol. The van der Waals surface area contributed by atoms with Crippen LogP contribution in [0.5, 0.6) is 0 Å². The highest BCUT2D eigenvalue weighted by Gasteiger charge is 2.39. The summed E-state index contributed by atoms with van der Waals surface area (Å²) in [5.74, 6) is -2.14. The maximum absolute atomic E-state index is 12.1. The molecule has 0 aromatic carbocycles. The van der Waals surface area contributed by atoms with Crippen molar-refractivity contribution in [3.05, 3.63) is 0 Å². The Morgan fingerprint density at radius 2 is 1.90 bits per heavy atom. The molecule has 5 nitrogen and oxygen atoms in total. The number of carbonyl (C=O) groups excluding carboxylic acids is 2. The normalized spacial score (nSPS) is 20.1. The Hall–Kier alpha value is -1.47. The summed E-state index contributed by atoms with van der Waals surface area (Å²) in [4.78, 5) is 24.1. The smallest absolute Gasteiger partial charge is 0.444 e. The topological polar surface area (TPSA) is 58.6 Å². The van der Waals surface area contributed by atoms with E-state index in [-0.39, 0.29) is 19.0 Å². The number of hydrogen-bond donors (Lipinski definition) is 1. The van der Waals surface area contributed by atoms with Crippen LogP contribution in [-0.4, -0.2) is 48.3 Å². The maximum atomic E-state index is 12.1. The number of piperidine rings is 1. The Morgan fingerprint density at radius 1 is 1.29 bits per heavy atom. The van der Waals surface area contributed by atoms with Crippen molar-refractivity contribution < 1.29 is 27.5 Å². The lowest BCUT2D eigenvalue weighted by molar-refractivity contribution is -0.173. The number of ether oxygens (including phenoxy) is 1. The highest BCUT2D eigenvalue weighted by Crippen LogP contribution is 2.20. The van der Waals surface area contributed by atoms with Crippen LogP contribution in [0.3, 0.4) is 0 Å². The largest absolute Gasteiger partial charge is 0.471 e. The van der Waals surface area contributed by atoms with E-state index in [0.717, 1.165) is 0 Å². The standard InChI is InChI=1S/C13H21F3N2O3/c1-12(2,3)21-11(20)18-6-4-5-9(8-18)7-17-10(19)13(14,15)16/h9H,4-8H2,1-3H3,(H,17,19)/t9-/m0/s1. The van der Waals surface area contributed by atoms with Crippen LogP contribution < -0.4 is 5.32 Å². The third kappa shape index (κ3) is 6.22. The number of alkyl halides is 3. The lowest BCUT2D eigenvalue weighted by Crippen LogP contribution is -2.47. The number of amides is 2. The molecule has 1 aliphatic heterocycles. The van der Waals surface area contributed by atoms with Crippen LogP contribution in [0, 0.1) is 5.92 Å². The third-order valence-corrected chi connectivity index (χ3v) is 2.98. The first-order valence-electron chi connectivity index (χ1n) is 6.82. The molecule has 1 rings (SSSR count). The molecule has 0 spiro atoms. The Labute approximate surface area is 121 Å². The molecule has 0 unspecified atom stereocenters. The van der Waals surface area contributed by atoms with Crippen molar-refractivity contribution in [3.8, 4) is 0 Å². The summed E-state index contributed by atoms with van der Waals surface area (Å²) in [7, 11) is 0. The molecule has 0 bridgehead atoms. The third-order valence-electron chi connectivity index (χ3n) is 2.98. The minimum absolute atomic E-state index is 0.0996. The molecular formula is C13H21F3N2O3. The van der Waals surface area contributed by atoms with Crippen molar-refractivity contribution in [3.63, 3.8) is 0 Å². The Bertz CT molecular complexity index is 391. The summed E-state index contributed by atoms with van der Waals surface area (Å²) in [5, 5.41) is 1.86. The fourth-order valence-corrected chi connectivity index (χ4v) is 2.06. The summed E-state index contributed by atoms with van der Waals surface area (Å²) in [6.45, 7) is 5.94. The minimum Gasteiger partial charge on any atom is -0.444 e. The molecule has 1 N–H and O–H groups in total. The zero-order valence-electron chi connectivity index (χ0n) is 12.4. The van der Waals surface area contributed by atoms with Crippen LogP contribution in [0.1, 0.15) is 33.6 Å². The Morgan fingerprint density at radius 3 is 2.43 bits per heavy atom. The van der Waals surface area contributed by atoms with Gasteiger partial charge in [0.2, 0.25) is 0 Å². The fraction of sp³-hybridized carbons (Fsp3) is 0.846. The number of nitrogens with one attached hydrogen (secondary N) is 1. The van der Waals surface area contributed by atoms with Crippen LogP contribution in [0.2, 0.25) is 0 Å². The second kappa shape index (κ2) is 6.53. The predicted molar refractivity (Wildman–Crippen MR) is 69.6 cm³/mol. The van der Waals surface area contributed by atoms with E-state index >= 15 is 0 Å². The zero-order valence-corrected chi connectivity index (χ0v) is 12.4. The van der Waals surface area contributed by atoms with Gasteiger partial charge in [-0.3, -0.25) is 4.79 Å². The SMILES string of the molecule is CC(C)(C)OC(=O)N1CCC[C@@H](CNC(=O)C(F)(F)F)C1. The van der Waals surface area contributed by atoms with Gasteiger partial charge in [0, 0.05) is 19.6 Å². The first kappa shape index (κ1) is 17.6. The number of nitrogens with zero attached hydrogens (tertiary/aromatic N) is 1. The van der Waals surface area contributed by atoms with Gasteiger partial charge >= 0.3 is 18.2 Å². The van der Waals surface area contributed by atoms with E-state index < -0.39 is 23.8 Å². The number of halogens is 3. The molecule has 1 atom stereocenters. The second-order valence-corrected chi connectivity index (χ2v) is 6.14. The summed E-state index contributed by atoms with van der Waals surface area (Å²) >= 11 is 0. The first-order valence-corrected chi connectivity index (χ1v) is 6.82. The highest BCUT2D eigenvalue weighted by molar-refractivity contribution is 5.81. The first-order chi connectivity index (χ1) is 9.49. The summed E-state index contributed by atoms with van der Waals surface area (Å²) in [6.07, 6.45) is -4.02. The van der Waals surface area contributed by atoms with E-state index in [4.69, 9.17) is 4.74 Å². The number of rotatable bonds is 2. The van der Waals surface area contributed by atoms with Gasteiger partial charge in [-0.2, -0.15) is 13.2 Å². The van der Waals surface area contributed by atoms with Gasteiger partial charge in [0.15, 0.2) is 0 Å². The molecule has 8 heteroatoms. The molecule has 1 aliphatic rings. The van der Waals surface area contributed by atoms with Crippen molar-refractivity contribution in [1.82, 2.24) is 10.2 Å². The molecule has 0 aromatic rings. The van der Waals surface area contributed by atoms with Crippen molar-refractivity contribution in [2.45, 2.75) is 45.4 Å². The molecule has 21 heavy (non-hydrogen) atoms. The molecule has 1 heterocycles. The van der Waals surface area contributed by atoms with E-state index in [0.29, 0.717) is 19.4 Å². The van der Waals surface area contributed by atoms with E-state index in [9.17, 15) is 22.8 Å².